The summed E-state index contributed by atoms with van der Waals surface area (Å²) >= 11 is 12.7. The summed E-state index contributed by atoms with van der Waals surface area (Å²) in [6.45, 7) is 0.204. The first-order valence-electron chi connectivity index (χ1n) is 8.91. The van der Waals surface area contributed by atoms with Gasteiger partial charge in [0.1, 0.15) is 17.7 Å². The Labute approximate surface area is 179 Å². The van der Waals surface area contributed by atoms with E-state index in [0.717, 1.165) is 0 Å². The van der Waals surface area contributed by atoms with E-state index < -0.39 is 0 Å². The van der Waals surface area contributed by atoms with E-state index in [1.165, 1.54) is 10.9 Å². The topological polar surface area (TPSA) is 105 Å². The number of para-hydroxylation sites is 1. The van der Waals surface area contributed by atoms with Gasteiger partial charge in [-0.2, -0.15) is 0 Å². The van der Waals surface area contributed by atoms with Gasteiger partial charge in [0.2, 0.25) is 0 Å². The van der Waals surface area contributed by atoms with Crippen LogP contribution in [0.25, 0.3) is 27.8 Å². The fourth-order valence-electron chi connectivity index (χ4n) is 3.39. The van der Waals surface area contributed by atoms with E-state index in [4.69, 9.17) is 33.9 Å². The summed E-state index contributed by atoms with van der Waals surface area (Å²) in [4.78, 5) is 30.7. The molecule has 0 saturated heterocycles. The Kier molecular flexibility index (Phi) is 4.38. The number of nitrogens with zero attached hydrogens (tertiary/aromatic N) is 6. The molecule has 0 atom stereocenters. The maximum Gasteiger partial charge on any atom is 0.267 e. The van der Waals surface area contributed by atoms with E-state index >= 15 is 0 Å². The zero-order valence-electron chi connectivity index (χ0n) is 15.3. The van der Waals surface area contributed by atoms with Gasteiger partial charge in [-0.15, -0.1) is 0 Å². The van der Waals surface area contributed by atoms with E-state index in [1.54, 1.807) is 53.4 Å². The van der Waals surface area contributed by atoms with Crippen LogP contribution < -0.4 is 11.3 Å². The second kappa shape index (κ2) is 7.08. The van der Waals surface area contributed by atoms with Crippen molar-refractivity contribution in [2.45, 2.75) is 6.54 Å². The van der Waals surface area contributed by atoms with Crippen LogP contribution in [0, 0.1) is 0 Å². The number of halogens is 2. The van der Waals surface area contributed by atoms with Crippen LogP contribution in [-0.4, -0.2) is 29.1 Å². The van der Waals surface area contributed by atoms with Crippen molar-refractivity contribution >= 4 is 51.1 Å². The Balaban J connectivity index is 1.80. The van der Waals surface area contributed by atoms with E-state index in [9.17, 15) is 4.79 Å². The highest BCUT2D eigenvalue weighted by molar-refractivity contribution is 6.35. The van der Waals surface area contributed by atoms with Gasteiger partial charge in [0.25, 0.3) is 5.56 Å². The maximum absolute atomic E-state index is 13.5. The van der Waals surface area contributed by atoms with Crippen LogP contribution >= 0.6 is 23.2 Å². The standard InChI is InChI=1S/C20H13Cl2N7O/c21-11-4-1-2-7-14(11)29-15(27-13-6-3-5-12(22)16(13)20(29)30)8-28-10-26-17-18(23)24-9-25-19(17)28/h1-7,9-10H,8H2,(H2,23,24,25). The number of anilines is 1. The highest BCUT2D eigenvalue weighted by Gasteiger charge is 2.18. The van der Waals surface area contributed by atoms with Crippen molar-refractivity contribution in [2.75, 3.05) is 5.73 Å². The molecule has 3 heterocycles. The SMILES string of the molecule is Nc1ncnc2c1ncn2Cc1nc2cccc(Cl)c2c(=O)n1-c1ccccc1Cl. The van der Waals surface area contributed by atoms with Crippen LogP contribution in [0.2, 0.25) is 10.0 Å². The first-order chi connectivity index (χ1) is 14.5. The van der Waals surface area contributed by atoms with Gasteiger partial charge in [-0.25, -0.2) is 19.9 Å². The molecule has 0 aliphatic rings. The van der Waals surface area contributed by atoms with Gasteiger partial charge >= 0.3 is 0 Å². The zero-order valence-corrected chi connectivity index (χ0v) is 16.8. The second-order valence-electron chi connectivity index (χ2n) is 6.56. The second-order valence-corrected chi connectivity index (χ2v) is 7.37. The average molecular weight is 438 g/mol. The van der Waals surface area contributed by atoms with E-state index in [2.05, 4.69) is 15.0 Å². The lowest BCUT2D eigenvalue weighted by atomic mass is 10.2. The molecule has 0 saturated carbocycles. The molecule has 148 valence electrons. The van der Waals surface area contributed by atoms with Gasteiger partial charge < -0.3 is 10.3 Å². The Morgan fingerprint density at radius 1 is 0.967 bits per heavy atom. The lowest BCUT2D eigenvalue weighted by Gasteiger charge is -2.16. The highest BCUT2D eigenvalue weighted by atomic mass is 35.5. The predicted octanol–water partition coefficient (Wildman–Crippen LogP) is 3.46. The maximum atomic E-state index is 13.5. The fourth-order valence-corrected chi connectivity index (χ4v) is 3.86. The lowest BCUT2D eigenvalue weighted by molar-refractivity contribution is 0.718. The molecule has 30 heavy (non-hydrogen) atoms. The van der Waals surface area contributed by atoms with Crippen LogP contribution in [0.4, 0.5) is 5.82 Å². The first kappa shape index (κ1) is 18.5. The average Bonchev–Trinajstić information content (AvgIpc) is 3.13. The molecule has 8 nitrogen and oxygen atoms in total. The van der Waals surface area contributed by atoms with Gasteiger partial charge in [0, 0.05) is 0 Å². The van der Waals surface area contributed by atoms with Crippen molar-refractivity contribution < 1.29 is 0 Å². The molecule has 0 aliphatic carbocycles. The van der Waals surface area contributed by atoms with Crippen LogP contribution in [0.3, 0.4) is 0 Å². The number of fused-ring (bicyclic) bond motifs is 2. The van der Waals surface area contributed by atoms with Crippen molar-refractivity contribution in [2.24, 2.45) is 0 Å². The first-order valence-corrected chi connectivity index (χ1v) is 9.66. The van der Waals surface area contributed by atoms with Crippen molar-refractivity contribution in [3.63, 3.8) is 0 Å². The van der Waals surface area contributed by atoms with Crippen molar-refractivity contribution in [3.8, 4) is 5.69 Å². The molecule has 3 aromatic heterocycles. The summed E-state index contributed by atoms with van der Waals surface area (Å²) in [6, 6.07) is 12.2. The molecule has 0 spiro atoms. The minimum atomic E-state index is -0.313. The number of benzene rings is 2. The molecular formula is C20H13Cl2N7O. The molecule has 2 N–H and O–H groups in total. The number of nitrogen functional groups attached to an aromatic ring is 1. The summed E-state index contributed by atoms with van der Waals surface area (Å²) in [7, 11) is 0. The van der Waals surface area contributed by atoms with Crippen LogP contribution in [0.15, 0.2) is 59.9 Å². The Bertz CT molecular complexity index is 1490. The minimum absolute atomic E-state index is 0.204. The van der Waals surface area contributed by atoms with Crippen molar-refractivity contribution in [3.05, 3.63) is 81.3 Å². The summed E-state index contributed by atoms with van der Waals surface area (Å²) in [5.41, 5.74) is 7.59. The van der Waals surface area contributed by atoms with Gasteiger partial charge in [0.15, 0.2) is 11.5 Å². The Morgan fingerprint density at radius 2 is 1.77 bits per heavy atom. The number of hydrogen-bond acceptors (Lipinski definition) is 6. The number of nitrogens with two attached hydrogens (primary N) is 1. The highest BCUT2D eigenvalue weighted by Crippen LogP contribution is 2.25. The molecule has 0 unspecified atom stereocenters. The van der Waals surface area contributed by atoms with E-state index in [0.29, 0.717) is 43.6 Å². The van der Waals surface area contributed by atoms with Gasteiger partial charge in [-0.05, 0) is 24.3 Å². The molecule has 2 aromatic carbocycles. The van der Waals surface area contributed by atoms with E-state index in [1.807, 2.05) is 0 Å². The monoisotopic (exact) mass is 437 g/mol. The summed E-state index contributed by atoms with van der Waals surface area (Å²) in [6.07, 6.45) is 2.95. The zero-order chi connectivity index (χ0) is 20.8. The molecule has 0 radical (unpaired) electrons. The normalized spacial score (nSPS) is 11.4. The predicted molar refractivity (Wildman–Crippen MR) is 116 cm³/mol. The molecule has 0 aliphatic heterocycles. The number of hydrogen-bond donors (Lipinski definition) is 1. The van der Waals surface area contributed by atoms with Crippen LogP contribution in [0.1, 0.15) is 5.82 Å². The van der Waals surface area contributed by atoms with Crippen molar-refractivity contribution in [1.29, 1.82) is 0 Å². The number of aromatic nitrogens is 6. The summed E-state index contributed by atoms with van der Waals surface area (Å²) in [5, 5.41) is 1.06. The molecule has 0 bridgehead atoms. The molecule has 0 amide bonds. The Hall–Kier alpha value is -3.49. The molecule has 10 heteroatoms. The number of imidazole rings is 1. The molecule has 0 fully saturated rings. The Morgan fingerprint density at radius 3 is 2.60 bits per heavy atom. The number of rotatable bonds is 3. The van der Waals surface area contributed by atoms with Crippen LogP contribution in [0.5, 0.6) is 0 Å². The summed E-state index contributed by atoms with van der Waals surface area (Å²) < 4.78 is 3.21. The largest absolute Gasteiger partial charge is 0.382 e. The third kappa shape index (κ3) is 2.89. The quantitative estimate of drug-likeness (QED) is 0.463. The third-order valence-electron chi connectivity index (χ3n) is 4.75. The van der Waals surface area contributed by atoms with Crippen molar-refractivity contribution in [1.82, 2.24) is 29.1 Å². The smallest absolute Gasteiger partial charge is 0.267 e. The van der Waals surface area contributed by atoms with Gasteiger partial charge in [0.05, 0.1) is 39.5 Å². The summed E-state index contributed by atoms with van der Waals surface area (Å²) in [5.74, 6) is 0.722. The molecule has 5 aromatic rings. The van der Waals surface area contributed by atoms with E-state index in [-0.39, 0.29) is 17.9 Å². The lowest BCUT2D eigenvalue weighted by Crippen LogP contribution is -2.25. The van der Waals surface area contributed by atoms with Gasteiger partial charge in [-0.3, -0.25) is 9.36 Å². The minimum Gasteiger partial charge on any atom is -0.382 e. The van der Waals surface area contributed by atoms with Crippen LogP contribution in [-0.2, 0) is 6.54 Å². The fraction of sp³-hybridized carbons (Fsp3) is 0.0500. The van der Waals surface area contributed by atoms with Gasteiger partial charge in [-0.1, -0.05) is 41.4 Å². The molecule has 5 rings (SSSR count). The third-order valence-corrected chi connectivity index (χ3v) is 5.39. The molecular weight excluding hydrogens is 425 g/mol.